The Bertz CT molecular complexity index is 353. The van der Waals surface area contributed by atoms with Crippen LogP contribution in [0.25, 0.3) is 0 Å². The van der Waals surface area contributed by atoms with Crippen LogP contribution in [-0.4, -0.2) is 31.2 Å². The van der Waals surface area contributed by atoms with Gasteiger partial charge in [0.2, 0.25) is 0 Å². The average molecular weight is 274 g/mol. The molecule has 1 aromatic rings. The van der Waals surface area contributed by atoms with Crippen molar-refractivity contribution in [1.29, 1.82) is 0 Å². The van der Waals surface area contributed by atoms with Crippen LogP contribution in [0, 0.1) is 5.82 Å². The third-order valence-electron chi connectivity index (χ3n) is 2.70. The van der Waals surface area contributed by atoms with Crippen molar-refractivity contribution in [3.05, 3.63) is 22.6 Å². The second kappa shape index (κ2) is 4.45. The number of likely N-dealkylation sites (N-methyl/N-ethyl adjacent to an activating group) is 1. The maximum absolute atomic E-state index is 13.6. The minimum absolute atomic E-state index is 0.279. The molecule has 1 atom stereocenters. The Morgan fingerprint density at radius 1 is 1.67 bits per heavy atom. The van der Waals surface area contributed by atoms with E-state index in [9.17, 15) is 4.39 Å². The van der Waals surface area contributed by atoms with E-state index in [-0.39, 0.29) is 5.82 Å². The summed E-state index contributed by atoms with van der Waals surface area (Å²) in [6.07, 6.45) is 2.66. The van der Waals surface area contributed by atoms with Gasteiger partial charge in [0.15, 0.2) is 11.6 Å². The topological polar surface area (TPSA) is 28.2 Å². The first kappa shape index (κ1) is 10.8. The molecule has 1 aliphatic rings. The molecule has 0 aliphatic carbocycles. The zero-order chi connectivity index (χ0) is 10.8. The summed E-state index contributed by atoms with van der Waals surface area (Å²) in [5, 5.41) is 3.25. The number of hydrogen-bond acceptors (Lipinski definition) is 3. The van der Waals surface area contributed by atoms with Gasteiger partial charge >= 0.3 is 0 Å². The molecule has 0 amide bonds. The van der Waals surface area contributed by atoms with E-state index in [2.05, 4.69) is 26.2 Å². The van der Waals surface area contributed by atoms with Gasteiger partial charge in [-0.2, -0.15) is 0 Å². The van der Waals surface area contributed by atoms with Crippen molar-refractivity contribution in [3.63, 3.8) is 0 Å². The molecule has 1 aromatic heterocycles. The van der Waals surface area contributed by atoms with E-state index >= 15 is 0 Å². The maximum atomic E-state index is 13.6. The Morgan fingerprint density at radius 2 is 2.47 bits per heavy atom. The summed E-state index contributed by atoms with van der Waals surface area (Å²) in [7, 11) is 1.89. The van der Waals surface area contributed by atoms with Gasteiger partial charge in [-0.15, -0.1) is 0 Å². The van der Waals surface area contributed by atoms with E-state index in [1.807, 2.05) is 11.9 Å². The summed E-state index contributed by atoms with van der Waals surface area (Å²) in [5.74, 6) is 0.144. The van der Waals surface area contributed by atoms with E-state index in [0.29, 0.717) is 16.3 Å². The van der Waals surface area contributed by atoms with Gasteiger partial charge in [0.1, 0.15) is 0 Å². The Labute approximate surface area is 96.8 Å². The molecule has 82 valence electrons. The van der Waals surface area contributed by atoms with Gasteiger partial charge in [-0.3, -0.25) is 0 Å². The van der Waals surface area contributed by atoms with Gasteiger partial charge in [-0.05, 0) is 35.0 Å². The molecule has 1 saturated heterocycles. The third-order valence-corrected chi connectivity index (χ3v) is 3.14. The maximum Gasteiger partial charge on any atom is 0.166 e. The van der Waals surface area contributed by atoms with Crippen LogP contribution in [0.1, 0.15) is 6.42 Å². The summed E-state index contributed by atoms with van der Waals surface area (Å²) in [5.41, 5.74) is 0. The molecule has 1 aliphatic heterocycles. The van der Waals surface area contributed by atoms with Crippen molar-refractivity contribution in [2.45, 2.75) is 12.5 Å². The molecule has 5 heteroatoms. The summed E-state index contributed by atoms with van der Waals surface area (Å²) < 4.78 is 14.3. The number of nitrogens with one attached hydrogen (secondary N) is 1. The standard InChI is InChI=1S/C10H13BrFN3/c1-15(8-2-3-13-6-8)10-9(12)4-7(11)5-14-10/h4-5,8,13H,2-3,6H2,1H3. The van der Waals surface area contributed by atoms with Gasteiger partial charge in [-0.25, -0.2) is 9.37 Å². The Balaban J connectivity index is 2.20. The third kappa shape index (κ3) is 2.29. The minimum atomic E-state index is -0.279. The van der Waals surface area contributed by atoms with Crippen LogP contribution >= 0.6 is 15.9 Å². The van der Waals surface area contributed by atoms with Gasteiger partial charge in [-0.1, -0.05) is 0 Å². The Kier molecular flexibility index (Phi) is 3.21. The SMILES string of the molecule is CN(c1ncc(Br)cc1F)C1CCNC1. The van der Waals surface area contributed by atoms with Crippen LogP contribution in [0.3, 0.4) is 0 Å². The molecular formula is C10H13BrFN3. The minimum Gasteiger partial charge on any atom is -0.353 e. The second-order valence-corrected chi connectivity index (χ2v) is 4.63. The van der Waals surface area contributed by atoms with E-state index in [1.165, 1.54) is 6.07 Å². The fraction of sp³-hybridized carbons (Fsp3) is 0.500. The fourth-order valence-corrected chi connectivity index (χ4v) is 2.11. The number of anilines is 1. The highest BCUT2D eigenvalue weighted by Crippen LogP contribution is 2.22. The van der Waals surface area contributed by atoms with Crippen LogP contribution in [-0.2, 0) is 0 Å². The van der Waals surface area contributed by atoms with Crippen molar-refractivity contribution in [1.82, 2.24) is 10.3 Å². The van der Waals surface area contributed by atoms with Gasteiger partial charge in [0.25, 0.3) is 0 Å². The van der Waals surface area contributed by atoms with Crippen LogP contribution in [0.15, 0.2) is 16.7 Å². The van der Waals surface area contributed by atoms with Crippen molar-refractivity contribution >= 4 is 21.7 Å². The lowest BCUT2D eigenvalue weighted by Crippen LogP contribution is -2.34. The number of aromatic nitrogens is 1. The van der Waals surface area contributed by atoms with E-state index < -0.39 is 0 Å². The quantitative estimate of drug-likeness (QED) is 0.891. The first-order chi connectivity index (χ1) is 7.18. The average Bonchev–Trinajstić information content (AvgIpc) is 2.69. The number of pyridine rings is 1. The first-order valence-corrected chi connectivity index (χ1v) is 5.72. The Hall–Kier alpha value is -0.680. The molecule has 0 spiro atoms. The van der Waals surface area contributed by atoms with Crippen molar-refractivity contribution in [3.8, 4) is 0 Å². The fourth-order valence-electron chi connectivity index (χ4n) is 1.81. The summed E-state index contributed by atoms with van der Waals surface area (Å²) in [6, 6.07) is 1.79. The highest BCUT2D eigenvalue weighted by Gasteiger charge is 2.22. The van der Waals surface area contributed by atoms with Crippen LogP contribution < -0.4 is 10.2 Å². The predicted octanol–water partition coefficient (Wildman–Crippen LogP) is 1.78. The normalized spacial score (nSPS) is 20.6. The van der Waals surface area contributed by atoms with Crippen LogP contribution in [0.4, 0.5) is 10.2 Å². The molecule has 0 radical (unpaired) electrons. The highest BCUT2D eigenvalue weighted by molar-refractivity contribution is 9.10. The van der Waals surface area contributed by atoms with Gasteiger partial charge in [0, 0.05) is 30.3 Å². The summed E-state index contributed by atoms with van der Waals surface area (Å²) in [4.78, 5) is 6.00. The van der Waals surface area contributed by atoms with Crippen LogP contribution in [0.2, 0.25) is 0 Å². The van der Waals surface area contributed by atoms with E-state index in [0.717, 1.165) is 19.5 Å². The lowest BCUT2D eigenvalue weighted by atomic mass is 10.2. The number of rotatable bonds is 2. The molecule has 1 fully saturated rings. The van der Waals surface area contributed by atoms with Crippen molar-refractivity contribution in [2.75, 3.05) is 25.0 Å². The number of hydrogen-bond donors (Lipinski definition) is 1. The molecule has 2 rings (SSSR count). The molecule has 0 saturated carbocycles. The zero-order valence-corrected chi connectivity index (χ0v) is 10.1. The molecule has 1 unspecified atom stereocenters. The molecular weight excluding hydrogens is 261 g/mol. The lowest BCUT2D eigenvalue weighted by molar-refractivity contribution is 0.594. The predicted molar refractivity (Wildman–Crippen MR) is 61.6 cm³/mol. The summed E-state index contributed by atoms with van der Waals surface area (Å²) in [6.45, 7) is 1.89. The smallest absolute Gasteiger partial charge is 0.166 e. The Morgan fingerprint density at radius 3 is 3.07 bits per heavy atom. The molecule has 15 heavy (non-hydrogen) atoms. The van der Waals surface area contributed by atoms with E-state index in [1.54, 1.807) is 6.20 Å². The van der Waals surface area contributed by atoms with Gasteiger partial charge in [0.05, 0.1) is 0 Å². The van der Waals surface area contributed by atoms with E-state index in [4.69, 9.17) is 0 Å². The van der Waals surface area contributed by atoms with Gasteiger partial charge < -0.3 is 10.2 Å². The molecule has 0 aromatic carbocycles. The number of halogens is 2. The lowest BCUT2D eigenvalue weighted by Gasteiger charge is -2.25. The first-order valence-electron chi connectivity index (χ1n) is 4.93. The van der Waals surface area contributed by atoms with Crippen molar-refractivity contribution in [2.24, 2.45) is 0 Å². The zero-order valence-electron chi connectivity index (χ0n) is 8.50. The van der Waals surface area contributed by atoms with Crippen molar-refractivity contribution < 1.29 is 4.39 Å². The number of nitrogens with zero attached hydrogens (tertiary/aromatic N) is 2. The second-order valence-electron chi connectivity index (χ2n) is 3.72. The monoisotopic (exact) mass is 273 g/mol. The molecule has 1 N–H and O–H groups in total. The largest absolute Gasteiger partial charge is 0.353 e. The summed E-state index contributed by atoms with van der Waals surface area (Å²) >= 11 is 3.20. The highest BCUT2D eigenvalue weighted by atomic mass is 79.9. The van der Waals surface area contributed by atoms with Crippen LogP contribution in [0.5, 0.6) is 0 Å². The molecule has 2 heterocycles. The molecule has 0 bridgehead atoms. The molecule has 3 nitrogen and oxygen atoms in total.